The highest BCUT2D eigenvalue weighted by Gasteiger charge is 2.16. The van der Waals surface area contributed by atoms with E-state index in [2.05, 4.69) is 5.32 Å². The smallest absolute Gasteiger partial charge is 0.304 e. The van der Waals surface area contributed by atoms with Crippen molar-refractivity contribution in [2.75, 3.05) is 5.32 Å². The molecule has 1 aromatic rings. The first-order valence-electron chi connectivity index (χ1n) is 5.80. The van der Waals surface area contributed by atoms with Crippen molar-refractivity contribution in [3.05, 3.63) is 34.1 Å². The summed E-state index contributed by atoms with van der Waals surface area (Å²) >= 11 is 0. The molecule has 0 spiro atoms. The van der Waals surface area contributed by atoms with E-state index in [-0.39, 0.29) is 30.0 Å². The Morgan fingerprint density at radius 1 is 1.53 bits per heavy atom. The minimum atomic E-state index is -0.990. The second-order valence-corrected chi connectivity index (χ2v) is 4.58. The van der Waals surface area contributed by atoms with E-state index in [9.17, 15) is 19.3 Å². The maximum absolute atomic E-state index is 13.3. The fourth-order valence-electron chi connectivity index (χ4n) is 1.39. The molecule has 1 atom stereocenters. The molecule has 0 radical (unpaired) electrons. The number of hydrogen-bond acceptors (Lipinski definition) is 4. The molecule has 0 aliphatic rings. The van der Waals surface area contributed by atoms with E-state index in [1.807, 2.05) is 13.8 Å². The van der Waals surface area contributed by atoms with Gasteiger partial charge >= 0.3 is 5.69 Å². The summed E-state index contributed by atoms with van der Waals surface area (Å²) in [5, 5.41) is 12.9. The Kier molecular flexibility index (Phi) is 4.94. The quantitative estimate of drug-likeness (QED) is 0.631. The molecule has 1 rings (SSSR count). The molecular formula is C12H16FN3O3. The number of anilines is 1. The third-order valence-corrected chi connectivity index (χ3v) is 2.71. The van der Waals surface area contributed by atoms with Crippen molar-refractivity contribution in [3.63, 3.8) is 0 Å². The lowest BCUT2D eigenvalue weighted by atomic mass is 10.0. The number of nitro groups is 1. The average Bonchev–Trinajstić information content (AvgIpc) is 2.27. The van der Waals surface area contributed by atoms with Crippen molar-refractivity contribution in [2.24, 2.45) is 11.7 Å². The number of nitrogens with two attached hydrogens (primary N) is 1. The summed E-state index contributed by atoms with van der Waals surface area (Å²) in [4.78, 5) is 21.2. The molecular weight excluding hydrogens is 253 g/mol. The molecule has 6 nitrogen and oxygen atoms in total. The van der Waals surface area contributed by atoms with Crippen molar-refractivity contribution in [2.45, 2.75) is 26.3 Å². The van der Waals surface area contributed by atoms with Crippen LogP contribution in [0.15, 0.2) is 18.2 Å². The van der Waals surface area contributed by atoms with Gasteiger partial charge in [0.2, 0.25) is 11.7 Å². The molecule has 104 valence electrons. The van der Waals surface area contributed by atoms with Crippen LogP contribution in [0.5, 0.6) is 0 Å². The first-order chi connectivity index (χ1) is 8.81. The Hall–Kier alpha value is -2.02. The summed E-state index contributed by atoms with van der Waals surface area (Å²) in [6, 6.07) is 2.91. The van der Waals surface area contributed by atoms with Crippen LogP contribution in [0.3, 0.4) is 0 Å². The van der Waals surface area contributed by atoms with Crippen LogP contribution in [0.2, 0.25) is 0 Å². The molecule has 0 heterocycles. The number of carbonyl (C=O) groups is 1. The van der Waals surface area contributed by atoms with Crippen LogP contribution in [-0.2, 0) is 4.79 Å². The predicted molar refractivity (Wildman–Crippen MR) is 69.1 cm³/mol. The molecule has 0 bridgehead atoms. The maximum Gasteiger partial charge on any atom is 0.304 e. The second-order valence-electron chi connectivity index (χ2n) is 4.58. The summed E-state index contributed by atoms with van der Waals surface area (Å²) in [6.07, 6.45) is 0.107. The fourth-order valence-corrected chi connectivity index (χ4v) is 1.39. The summed E-state index contributed by atoms with van der Waals surface area (Å²) in [6.45, 7) is 3.78. The Morgan fingerprint density at radius 3 is 2.63 bits per heavy atom. The SMILES string of the molecule is CC(C)C(N)CC(=O)Nc1ccc([N+](=O)[O-])c(F)c1. The van der Waals surface area contributed by atoms with Gasteiger partial charge in [-0.1, -0.05) is 13.8 Å². The number of benzene rings is 1. The number of nitrogens with one attached hydrogen (secondary N) is 1. The summed E-state index contributed by atoms with van der Waals surface area (Å²) in [7, 11) is 0. The summed E-state index contributed by atoms with van der Waals surface area (Å²) in [5.74, 6) is -1.19. The van der Waals surface area contributed by atoms with Gasteiger partial charge in [0.1, 0.15) is 0 Å². The molecule has 0 aliphatic heterocycles. The van der Waals surface area contributed by atoms with Crippen LogP contribution in [0.1, 0.15) is 20.3 Å². The lowest BCUT2D eigenvalue weighted by Gasteiger charge is -2.15. The van der Waals surface area contributed by atoms with E-state index in [1.54, 1.807) is 0 Å². The fraction of sp³-hybridized carbons (Fsp3) is 0.417. The number of nitrogens with zero attached hydrogens (tertiary/aromatic N) is 1. The zero-order valence-corrected chi connectivity index (χ0v) is 10.7. The number of amides is 1. The van der Waals surface area contributed by atoms with E-state index in [4.69, 9.17) is 5.73 Å². The maximum atomic E-state index is 13.3. The van der Waals surface area contributed by atoms with Gasteiger partial charge in [0.05, 0.1) is 4.92 Å². The normalized spacial score (nSPS) is 12.3. The number of hydrogen-bond donors (Lipinski definition) is 2. The third-order valence-electron chi connectivity index (χ3n) is 2.71. The molecule has 0 fully saturated rings. The highest BCUT2D eigenvalue weighted by molar-refractivity contribution is 5.91. The van der Waals surface area contributed by atoms with Gasteiger partial charge in [-0.15, -0.1) is 0 Å². The lowest BCUT2D eigenvalue weighted by molar-refractivity contribution is -0.387. The van der Waals surface area contributed by atoms with Crippen molar-refractivity contribution in [3.8, 4) is 0 Å². The number of carbonyl (C=O) groups excluding carboxylic acids is 1. The number of nitro benzene ring substituents is 1. The Bertz CT molecular complexity index is 491. The van der Waals surface area contributed by atoms with Gasteiger partial charge in [0.15, 0.2) is 0 Å². The number of halogens is 1. The molecule has 0 aliphatic carbocycles. The van der Waals surface area contributed by atoms with E-state index in [0.29, 0.717) is 0 Å². The topological polar surface area (TPSA) is 98.3 Å². The van der Waals surface area contributed by atoms with Crippen LogP contribution in [0.4, 0.5) is 15.8 Å². The largest absolute Gasteiger partial charge is 0.327 e. The molecule has 19 heavy (non-hydrogen) atoms. The van der Waals surface area contributed by atoms with Crippen molar-refractivity contribution in [1.82, 2.24) is 0 Å². The van der Waals surface area contributed by atoms with Gasteiger partial charge in [-0.2, -0.15) is 4.39 Å². The first-order valence-corrected chi connectivity index (χ1v) is 5.80. The highest BCUT2D eigenvalue weighted by Crippen LogP contribution is 2.21. The van der Waals surface area contributed by atoms with Gasteiger partial charge in [0.25, 0.3) is 0 Å². The van der Waals surface area contributed by atoms with Crippen LogP contribution in [0.25, 0.3) is 0 Å². The zero-order valence-electron chi connectivity index (χ0n) is 10.7. The highest BCUT2D eigenvalue weighted by atomic mass is 19.1. The van der Waals surface area contributed by atoms with Crippen molar-refractivity contribution in [1.29, 1.82) is 0 Å². The van der Waals surface area contributed by atoms with Gasteiger partial charge in [-0.25, -0.2) is 0 Å². The summed E-state index contributed by atoms with van der Waals surface area (Å²) in [5.41, 5.74) is 5.28. The van der Waals surface area contributed by atoms with Crippen molar-refractivity contribution < 1.29 is 14.1 Å². The minimum Gasteiger partial charge on any atom is -0.327 e. The minimum absolute atomic E-state index is 0.107. The molecule has 0 aromatic heterocycles. The molecule has 3 N–H and O–H groups in total. The van der Waals surface area contributed by atoms with Gasteiger partial charge in [0, 0.05) is 30.3 Å². The van der Waals surface area contributed by atoms with Crippen LogP contribution in [0, 0.1) is 21.8 Å². The van der Waals surface area contributed by atoms with E-state index in [1.165, 1.54) is 6.07 Å². The van der Waals surface area contributed by atoms with Gasteiger partial charge < -0.3 is 11.1 Å². The standard InChI is InChI=1S/C12H16FN3O3/c1-7(2)10(14)6-12(17)15-8-3-4-11(16(18)19)9(13)5-8/h3-5,7,10H,6,14H2,1-2H3,(H,15,17). The predicted octanol–water partition coefficient (Wildman–Crippen LogP) is 2.05. The second kappa shape index (κ2) is 6.24. The Morgan fingerprint density at radius 2 is 2.16 bits per heavy atom. The zero-order chi connectivity index (χ0) is 14.6. The number of rotatable bonds is 5. The van der Waals surface area contributed by atoms with Crippen LogP contribution in [-0.4, -0.2) is 16.9 Å². The molecule has 0 saturated heterocycles. The van der Waals surface area contributed by atoms with E-state index < -0.39 is 16.4 Å². The van der Waals surface area contributed by atoms with Crippen LogP contribution >= 0.6 is 0 Å². The van der Waals surface area contributed by atoms with Crippen LogP contribution < -0.4 is 11.1 Å². The lowest BCUT2D eigenvalue weighted by Crippen LogP contribution is -2.31. The molecule has 1 aromatic carbocycles. The van der Waals surface area contributed by atoms with Gasteiger partial charge in [-0.05, 0) is 12.0 Å². The summed E-state index contributed by atoms with van der Waals surface area (Å²) < 4.78 is 13.3. The molecule has 1 unspecified atom stereocenters. The van der Waals surface area contributed by atoms with E-state index in [0.717, 1.165) is 12.1 Å². The Labute approximate surface area is 109 Å². The monoisotopic (exact) mass is 269 g/mol. The molecule has 1 amide bonds. The molecule has 0 saturated carbocycles. The van der Waals surface area contributed by atoms with Crippen molar-refractivity contribution >= 4 is 17.3 Å². The van der Waals surface area contributed by atoms with Gasteiger partial charge in [-0.3, -0.25) is 14.9 Å². The van der Waals surface area contributed by atoms with E-state index >= 15 is 0 Å². The Balaban J connectivity index is 2.70. The third kappa shape index (κ3) is 4.29. The average molecular weight is 269 g/mol. The molecule has 7 heteroatoms. The first kappa shape index (κ1) is 15.0.